The first kappa shape index (κ1) is 14.5. The van der Waals surface area contributed by atoms with Crippen LogP contribution >= 0.6 is 12.2 Å². The zero-order chi connectivity index (χ0) is 15.5. The summed E-state index contributed by atoms with van der Waals surface area (Å²) in [6, 6.07) is 10.6. The van der Waals surface area contributed by atoms with Crippen molar-refractivity contribution in [3.05, 3.63) is 52.5 Å². The molecule has 2 aromatic rings. The van der Waals surface area contributed by atoms with Crippen LogP contribution in [0.25, 0.3) is 0 Å². The van der Waals surface area contributed by atoms with Gasteiger partial charge in [0, 0.05) is 38.1 Å². The number of pyridine rings is 1. The summed E-state index contributed by atoms with van der Waals surface area (Å²) in [5.74, 6) is -0.223. The quantitative estimate of drug-likeness (QED) is 0.865. The third-order valence-corrected chi connectivity index (χ3v) is 4.18. The van der Waals surface area contributed by atoms with Crippen LogP contribution in [0.15, 0.2) is 36.5 Å². The topological polar surface area (TPSA) is 46.1 Å². The molecule has 0 amide bonds. The minimum Gasteiger partial charge on any atom is -0.368 e. The highest BCUT2D eigenvalue weighted by atomic mass is 32.1. The molecule has 2 heterocycles. The van der Waals surface area contributed by atoms with Gasteiger partial charge in [0.25, 0.3) is 0 Å². The first-order valence-electron chi connectivity index (χ1n) is 7.06. The third-order valence-electron chi connectivity index (χ3n) is 3.86. The summed E-state index contributed by atoms with van der Waals surface area (Å²) in [4.78, 5) is 7.27. The van der Waals surface area contributed by atoms with Crippen molar-refractivity contribution in [3.63, 3.8) is 0 Å². The summed E-state index contributed by atoms with van der Waals surface area (Å²) in [6.07, 6.45) is 1.77. The molecule has 0 aliphatic carbocycles. The second-order valence-electron chi connectivity index (χ2n) is 5.13. The molecule has 0 saturated carbocycles. The number of hydrogen-bond donors (Lipinski definition) is 1. The average Bonchev–Trinajstić information content (AvgIpc) is 2.55. The van der Waals surface area contributed by atoms with Crippen molar-refractivity contribution >= 4 is 23.6 Å². The number of benzene rings is 1. The van der Waals surface area contributed by atoms with Gasteiger partial charge in [-0.15, -0.1) is 0 Å². The summed E-state index contributed by atoms with van der Waals surface area (Å²) in [6.45, 7) is 3.24. The molecule has 1 aromatic heterocycles. The number of hydrogen-bond acceptors (Lipinski definition) is 4. The molecule has 6 heteroatoms. The SMILES string of the molecule is N#Cc1c(N2CCN(c3ccc(F)cc3)CC2)cc[nH]c1=S. The van der Waals surface area contributed by atoms with Gasteiger partial charge < -0.3 is 14.8 Å². The van der Waals surface area contributed by atoms with Crippen LogP contribution < -0.4 is 9.80 Å². The maximum absolute atomic E-state index is 13.0. The fraction of sp³-hybridized carbons (Fsp3) is 0.250. The number of nitrogens with one attached hydrogen (secondary N) is 1. The molecule has 0 unspecified atom stereocenters. The zero-order valence-corrected chi connectivity index (χ0v) is 12.7. The highest BCUT2D eigenvalue weighted by molar-refractivity contribution is 7.71. The molecule has 112 valence electrons. The van der Waals surface area contributed by atoms with Gasteiger partial charge in [0.15, 0.2) is 0 Å². The van der Waals surface area contributed by atoms with Crippen molar-refractivity contribution in [1.82, 2.24) is 4.98 Å². The van der Waals surface area contributed by atoms with Crippen LogP contribution in [0.4, 0.5) is 15.8 Å². The molecule has 1 aliphatic heterocycles. The van der Waals surface area contributed by atoms with E-state index in [-0.39, 0.29) is 5.82 Å². The van der Waals surface area contributed by atoms with Gasteiger partial charge in [-0.3, -0.25) is 0 Å². The van der Waals surface area contributed by atoms with E-state index in [1.165, 1.54) is 12.1 Å². The maximum atomic E-state index is 13.0. The van der Waals surface area contributed by atoms with Crippen LogP contribution in [0, 0.1) is 21.8 Å². The number of halogens is 1. The first-order chi connectivity index (χ1) is 10.7. The number of piperazine rings is 1. The van der Waals surface area contributed by atoms with E-state index >= 15 is 0 Å². The standard InChI is InChI=1S/C16H15FN4S/c17-12-1-3-13(4-2-12)20-7-9-21(10-8-20)15-5-6-19-16(22)14(15)11-18/h1-6H,7-10H2,(H,19,22). The predicted molar refractivity (Wildman–Crippen MR) is 87.2 cm³/mol. The number of rotatable bonds is 2. The Hall–Kier alpha value is -2.39. The van der Waals surface area contributed by atoms with Crippen molar-refractivity contribution in [2.75, 3.05) is 36.0 Å². The molecular weight excluding hydrogens is 299 g/mol. The van der Waals surface area contributed by atoms with Crippen LogP contribution in [0.3, 0.4) is 0 Å². The lowest BCUT2D eigenvalue weighted by Gasteiger charge is -2.37. The summed E-state index contributed by atoms with van der Waals surface area (Å²) in [7, 11) is 0. The van der Waals surface area contributed by atoms with E-state index in [4.69, 9.17) is 12.2 Å². The maximum Gasteiger partial charge on any atom is 0.123 e. The average molecular weight is 314 g/mol. The van der Waals surface area contributed by atoms with Gasteiger partial charge in [-0.2, -0.15) is 5.26 Å². The Morgan fingerprint density at radius 3 is 2.32 bits per heavy atom. The molecule has 22 heavy (non-hydrogen) atoms. The van der Waals surface area contributed by atoms with Crippen LogP contribution in [-0.2, 0) is 0 Å². The Labute approximate surface area is 133 Å². The van der Waals surface area contributed by atoms with Gasteiger partial charge in [-0.05, 0) is 30.3 Å². The summed E-state index contributed by atoms with van der Waals surface area (Å²) in [5, 5.41) is 9.28. The van der Waals surface area contributed by atoms with E-state index in [2.05, 4.69) is 20.9 Å². The van der Waals surface area contributed by atoms with E-state index in [0.29, 0.717) is 10.2 Å². The highest BCUT2D eigenvalue weighted by Crippen LogP contribution is 2.23. The van der Waals surface area contributed by atoms with Gasteiger partial charge in [0.2, 0.25) is 0 Å². The molecule has 1 aromatic carbocycles. The second-order valence-corrected chi connectivity index (χ2v) is 5.54. The van der Waals surface area contributed by atoms with Crippen LogP contribution in [0.5, 0.6) is 0 Å². The van der Waals surface area contributed by atoms with Gasteiger partial charge in [-0.25, -0.2) is 4.39 Å². The van der Waals surface area contributed by atoms with Crippen LogP contribution in [-0.4, -0.2) is 31.2 Å². The molecule has 0 radical (unpaired) electrons. The number of nitriles is 1. The lowest BCUT2D eigenvalue weighted by molar-refractivity contribution is 0.624. The number of anilines is 2. The van der Waals surface area contributed by atoms with E-state index < -0.39 is 0 Å². The van der Waals surface area contributed by atoms with Crippen LogP contribution in [0.1, 0.15) is 5.56 Å². The number of aromatic nitrogens is 1. The molecule has 0 spiro atoms. The molecule has 1 saturated heterocycles. The second kappa shape index (κ2) is 6.16. The molecule has 1 aliphatic rings. The fourth-order valence-electron chi connectivity index (χ4n) is 2.70. The van der Waals surface area contributed by atoms with E-state index in [0.717, 1.165) is 37.6 Å². The highest BCUT2D eigenvalue weighted by Gasteiger charge is 2.20. The van der Waals surface area contributed by atoms with Gasteiger partial charge in [0.1, 0.15) is 22.1 Å². The molecule has 3 rings (SSSR count). The molecule has 1 N–H and O–H groups in total. The Balaban J connectivity index is 1.75. The molecular formula is C16H15FN4S. The molecule has 0 atom stereocenters. The lowest BCUT2D eigenvalue weighted by atomic mass is 10.2. The van der Waals surface area contributed by atoms with E-state index in [1.54, 1.807) is 18.3 Å². The van der Waals surface area contributed by atoms with Crippen molar-refractivity contribution in [1.29, 1.82) is 5.26 Å². The minimum absolute atomic E-state index is 0.223. The first-order valence-corrected chi connectivity index (χ1v) is 7.47. The largest absolute Gasteiger partial charge is 0.368 e. The monoisotopic (exact) mass is 314 g/mol. The molecule has 0 bridgehead atoms. The van der Waals surface area contributed by atoms with Gasteiger partial charge in [-0.1, -0.05) is 12.2 Å². The summed E-state index contributed by atoms with van der Waals surface area (Å²) < 4.78 is 13.5. The predicted octanol–water partition coefficient (Wildman–Crippen LogP) is 3.08. The normalized spacial score (nSPS) is 14.7. The van der Waals surface area contributed by atoms with E-state index in [9.17, 15) is 9.65 Å². The smallest absolute Gasteiger partial charge is 0.123 e. The Bertz CT molecular complexity index is 755. The van der Waals surface area contributed by atoms with Gasteiger partial charge >= 0.3 is 0 Å². The van der Waals surface area contributed by atoms with Crippen molar-refractivity contribution in [3.8, 4) is 6.07 Å². The number of H-pyrrole nitrogens is 1. The number of aromatic amines is 1. The van der Waals surface area contributed by atoms with Crippen molar-refractivity contribution in [2.24, 2.45) is 0 Å². The third kappa shape index (κ3) is 2.81. The molecule has 1 fully saturated rings. The summed E-state index contributed by atoms with van der Waals surface area (Å²) >= 11 is 5.17. The number of nitrogens with zero attached hydrogens (tertiary/aromatic N) is 3. The summed E-state index contributed by atoms with van der Waals surface area (Å²) in [5.41, 5.74) is 2.42. The van der Waals surface area contributed by atoms with Gasteiger partial charge in [0.05, 0.1) is 5.69 Å². The molecule has 4 nitrogen and oxygen atoms in total. The van der Waals surface area contributed by atoms with Crippen molar-refractivity contribution in [2.45, 2.75) is 0 Å². The minimum atomic E-state index is -0.223. The Kier molecular flexibility index (Phi) is 4.07. The van der Waals surface area contributed by atoms with Crippen molar-refractivity contribution < 1.29 is 4.39 Å². The fourth-order valence-corrected chi connectivity index (χ4v) is 2.92. The van der Waals surface area contributed by atoms with E-state index in [1.807, 2.05) is 6.07 Å². The Morgan fingerprint density at radius 2 is 1.68 bits per heavy atom. The Morgan fingerprint density at radius 1 is 1.05 bits per heavy atom. The zero-order valence-electron chi connectivity index (χ0n) is 11.9. The van der Waals surface area contributed by atoms with Crippen LogP contribution in [0.2, 0.25) is 0 Å². The lowest BCUT2D eigenvalue weighted by Crippen LogP contribution is -2.46.